The zero-order valence-electron chi connectivity index (χ0n) is 10.4. The molecule has 0 bridgehead atoms. The highest BCUT2D eigenvalue weighted by Gasteiger charge is 2.32. The Kier molecular flexibility index (Phi) is 3.81. The molecule has 1 atom stereocenters. The molecule has 1 aromatic carbocycles. The summed E-state index contributed by atoms with van der Waals surface area (Å²) in [7, 11) is 0. The third kappa shape index (κ3) is 3.32. The summed E-state index contributed by atoms with van der Waals surface area (Å²) in [6.45, 7) is 0. The van der Waals surface area contributed by atoms with Gasteiger partial charge in [0.25, 0.3) is 0 Å². The Labute approximate surface area is 111 Å². The summed E-state index contributed by atoms with van der Waals surface area (Å²) in [6.07, 6.45) is 1.98. The normalized spacial score (nSPS) is 15.3. The molecule has 0 aliphatic heterocycles. The third-order valence-electron chi connectivity index (χ3n) is 3.17. The molecule has 3 N–H and O–H groups in total. The molecule has 1 aliphatic carbocycles. The van der Waals surface area contributed by atoms with E-state index in [-0.39, 0.29) is 18.2 Å². The number of nitrogens with two attached hydrogens (primary N) is 1. The van der Waals surface area contributed by atoms with Gasteiger partial charge in [-0.3, -0.25) is 9.59 Å². The largest absolute Gasteiger partial charge is 0.368 e. The van der Waals surface area contributed by atoms with E-state index >= 15 is 0 Å². The topological polar surface area (TPSA) is 96.0 Å². The summed E-state index contributed by atoms with van der Waals surface area (Å²) >= 11 is 0. The van der Waals surface area contributed by atoms with E-state index < -0.39 is 11.9 Å². The van der Waals surface area contributed by atoms with Crippen LogP contribution in [0.1, 0.15) is 24.0 Å². The van der Waals surface area contributed by atoms with Gasteiger partial charge in [0, 0.05) is 12.3 Å². The fourth-order valence-corrected chi connectivity index (χ4v) is 1.89. The van der Waals surface area contributed by atoms with Crippen molar-refractivity contribution < 1.29 is 9.59 Å². The summed E-state index contributed by atoms with van der Waals surface area (Å²) in [6, 6.07) is 8.28. The summed E-state index contributed by atoms with van der Waals surface area (Å²) in [5.41, 5.74) is 6.52. The Morgan fingerprint density at radius 2 is 2.11 bits per heavy atom. The molecule has 2 amide bonds. The van der Waals surface area contributed by atoms with Crippen LogP contribution in [0.3, 0.4) is 0 Å². The molecule has 0 radical (unpaired) electrons. The number of hydrogen-bond acceptors (Lipinski definition) is 3. The second-order valence-corrected chi connectivity index (χ2v) is 4.71. The van der Waals surface area contributed by atoms with Crippen molar-refractivity contribution in [3.63, 3.8) is 0 Å². The lowest BCUT2D eigenvalue weighted by Crippen LogP contribution is -2.46. The van der Waals surface area contributed by atoms with Crippen LogP contribution in [0, 0.1) is 17.2 Å². The number of primary amides is 1. The number of nitrogens with one attached hydrogen (secondary N) is 1. The fourth-order valence-electron chi connectivity index (χ4n) is 1.89. The van der Waals surface area contributed by atoms with Crippen LogP contribution in [-0.4, -0.2) is 17.9 Å². The average Bonchev–Trinajstić information content (AvgIpc) is 3.22. The molecular weight excluding hydrogens is 242 g/mol. The van der Waals surface area contributed by atoms with Gasteiger partial charge in [0.2, 0.25) is 11.8 Å². The van der Waals surface area contributed by atoms with Gasteiger partial charge in [-0.15, -0.1) is 0 Å². The quantitative estimate of drug-likeness (QED) is 0.803. The Bertz CT molecular complexity index is 544. The predicted molar refractivity (Wildman–Crippen MR) is 68.7 cm³/mol. The number of nitriles is 1. The molecule has 1 aromatic rings. The zero-order chi connectivity index (χ0) is 13.8. The third-order valence-corrected chi connectivity index (χ3v) is 3.17. The highest BCUT2D eigenvalue weighted by atomic mass is 16.2. The maximum absolute atomic E-state index is 11.7. The highest BCUT2D eigenvalue weighted by Crippen LogP contribution is 2.29. The number of carbonyl (C=O) groups is 2. The molecule has 2 rings (SSSR count). The van der Waals surface area contributed by atoms with Gasteiger partial charge in [0.05, 0.1) is 11.6 Å². The molecule has 0 spiro atoms. The molecule has 5 nitrogen and oxygen atoms in total. The molecule has 0 unspecified atom stereocenters. The summed E-state index contributed by atoms with van der Waals surface area (Å²) in [5, 5.41) is 11.7. The average molecular weight is 257 g/mol. The molecule has 1 fully saturated rings. The Balaban J connectivity index is 2.09. The van der Waals surface area contributed by atoms with Crippen molar-refractivity contribution in [1.82, 2.24) is 5.32 Å². The van der Waals surface area contributed by atoms with Crippen molar-refractivity contribution in [3.8, 4) is 6.07 Å². The van der Waals surface area contributed by atoms with E-state index in [1.807, 2.05) is 0 Å². The summed E-state index contributed by atoms with van der Waals surface area (Å²) in [5.74, 6) is -0.687. The van der Waals surface area contributed by atoms with Crippen molar-refractivity contribution in [3.05, 3.63) is 35.4 Å². The Hall–Kier alpha value is -2.35. The lowest BCUT2D eigenvalue weighted by Gasteiger charge is -2.16. The van der Waals surface area contributed by atoms with Crippen molar-refractivity contribution in [2.45, 2.75) is 25.3 Å². The van der Waals surface area contributed by atoms with E-state index in [1.54, 1.807) is 24.3 Å². The van der Waals surface area contributed by atoms with Gasteiger partial charge in [-0.2, -0.15) is 5.26 Å². The van der Waals surface area contributed by atoms with Crippen LogP contribution in [0.2, 0.25) is 0 Å². The van der Waals surface area contributed by atoms with Crippen LogP contribution >= 0.6 is 0 Å². The molecule has 1 saturated carbocycles. The van der Waals surface area contributed by atoms with Gasteiger partial charge in [-0.05, 0) is 24.5 Å². The van der Waals surface area contributed by atoms with E-state index in [0.717, 1.165) is 12.8 Å². The van der Waals surface area contributed by atoms with E-state index in [1.165, 1.54) is 0 Å². The molecule has 98 valence electrons. The number of rotatable bonds is 5. The van der Waals surface area contributed by atoms with Gasteiger partial charge in [0.1, 0.15) is 6.04 Å². The van der Waals surface area contributed by atoms with Crippen LogP contribution in [0.25, 0.3) is 0 Å². The van der Waals surface area contributed by atoms with Crippen LogP contribution in [0.5, 0.6) is 0 Å². The standard InChI is InChI=1S/C14H15N3O2/c15-8-11-4-2-1-3-10(11)7-12(13(16)18)17-14(19)9-5-6-9/h1-4,9,12H,5-7H2,(H2,16,18)(H,17,19)/t12-/m1/s1. The first kappa shape index (κ1) is 13.1. The van der Waals surface area contributed by atoms with Crippen molar-refractivity contribution >= 4 is 11.8 Å². The SMILES string of the molecule is N#Cc1ccccc1C[C@@H](NC(=O)C1CC1)C(N)=O. The smallest absolute Gasteiger partial charge is 0.240 e. The second kappa shape index (κ2) is 5.53. The fraction of sp³-hybridized carbons (Fsp3) is 0.357. The number of carbonyl (C=O) groups excluding carboxylic acids is 2. The van der Waals surface area contributed by atoms with Crippen LogP contribution < -0.4 is 11.1 Å². The van der Waals surface area contributed by atoms with Crippen LogP contribution in [0.15, 0.2) is 24.3 Å². The predicted octanol–water partition coefficient (Wildman–Crippen LogP) is 0.481. The molecular formula is C14H15N3O2. The van der Waals surface area contributed by atoms with Gasteiger partial charge >= 0.3 is 0 Å². The van der Waals surface area contributed by atoms with Crippen LogP contribution in [0.4, 0.5) is 0 Å². The number of benzene rings is 1. The van der Waals surface area contributed by atoms with Crippen molar-refractivity contribution in [1.29, 1.82) is 5.26 Å². The Morgan fingerprint density at radius 3 is 2.68 bits per heavy atom. The lowest BCUT2D eigenvalue weighted by molar-refractivity contribution is -0.128. The minimum absolute atomic E-state index is 0.0214. The first-order chi connectivity index (χ1) is 9.11. The Morgan fingerprint density at radius 1 is 1.42 bits per heavy atom. The first-order valence-corrected chi connectivity index (χ1v) is 6.19. The first-order valence-electron chi connectivity index (χ1n) is 6.19. The van der Waals surface area contributed by atoms with E-state index in [4.69, 9.17) is 11.0 Å². The maximum Gasteiger partial charge on any atom is 0.240 e. The molecule has 0 aromatic heterocycles. The van der Waals surface area contributed by atoms with E-state index in [0.29, 0.717) is 11.1 Å². The van der Waals surface area contributed by atoms with Gasteiger partial charge in [-0.1, -0.05) is 18.2 Å². The van der Waals surface area contributed by atoms with Gasteiger partial charge < -0.3 is 11.1 Å². The number of hydrogen-bond donors (Lipinski definition) is 2. The summed E-state index contributed by atoms with van der Waals surface area (Å²) in [4.78, 5) is 23.1. The minimum atomic E-state index is -0.761. The summed E-state index contributed by atoms with van der Waals surface area (Å²) < 4.78 is 0. The maximum atomic E-state index is 11.7. The van der Waals surface area contributed by atoms with Crippen LogP contribution in [-0.2, 0) is 16.0 Å². The van der Waals surface area contributed by atoms with Gasteiger partial charge in [0.15, 0.2) is 0 Å². The molecule has 0 saturated heterocycles. The monoisotopic (exact) mass is 257 g/mol. The molecule has 1 aliphatic rings. The highest BCUT2D eigenvalue weighted by molar-refractivity contribution is 5.88. The van der Waals surface area contributed by atoms with Crippen molar-refractivity contribution in [2.75, 3.05) is 0 Å². The molecule has 0 heterocycles. The number of amides is 2. The van der Waals surface area contributed by atoms with E-state index in [2.05, 4.69) is 11.4 Å². The van der Waals surface area contributed by atoms with E-state index in [9.17, 15) is 9.59 Å². The molecule has 19 heavy (non-hydrogen) atoms. The molecule has 5 heteroatoms. The minimum Gasteiger partial charge on any atom is -0.368 e. The number of nitrogens with zero attached hydrogens (tertiary/aromatic N) is 1. The lowest BCUT2D eigenvalue weighted by atomic mass is 10.0. The zero-order valence-corrected chi connectivity index (χ0v) is 10.4. The van der Waals surface area contributed by atoms with Crippen molar-refractivity contribution in [2.24, 2.45) is 11.7 Å². The second-order valence-electron chi connectivity index (χ2n) is 4.71. The van der Waals surface area contributed by atoms with Gasteiger partial charge in [-0.25, -0.2) is 0 Å².